The largest absolute Gasteiger partial charge is 0.309 e. The number of thiophene rings is 1. The third-order valence-corrected chi connectivity index (χ3v) is 3.73. The van der Waals surface area contributed by atoms with E-state index >= 15 is 0 Å². The molecule has 0 amide bonds. The normalized spacial score (nSPS) is 12.7. The highest BCUT2D eigenvalue weighted by molar-refractivity contribution is 7.10. The summed E-state index contributed by atoms with van der Waals surface area (Å²) in [6, 6.07) is 3.24. The van der Waals surface area contributed by atoms with Gasteiger partial charge in [-0.25, -0.2) is 4.39 Å². The third kappa shape index (κ3) is 2.09. The van der Waals surface area contributed by atoms with Crippen molar-refractivity contribution in [2.75, 3.05) is 7.05 Å². The molecule has 1 unspecified atom stereocenters. The molecule has 2 aromatic heterocycles. The Morgan fingerprint density at radius 3 is 2.88 bits per heavy atom. The van der Waals surface area contributed by atoms with Gasteiger partial charge in [0.25, 0.3) is 0 Å². The molecule has 2 rings (SSSR count). The molecule has 0 spiro atoms. The van der Waals surface area contributed by atoms with Crippen LogP contribution in [0.3, 0.4) is 0 Å². The smallest absolute Gasteiger partial charge is 0.146 e. The first-order valence-electron chi connectivity index (χ1n) is 4.73. The Balaban J connectivity index is 2.45. The summed E-state index contributed by atoms with van der Waals surface area (Å²) in [6.07, 6.45) is 2.78. The average molecular weight is 257 g/mol. The van der Waals surface area contributed by atoms with Crippen LogP contribution in [0.5, 0.6) is 0 Å². The van der Waals surface area contributed by atoms with Gasteiger partial charge in [0, 0.05) is 16.6 Å². The van der Waals surface area contributed by atoms with Gasteiger partial charge in [-0.3, -0.25) is 4.98 Å². The van der Waals surface area contributed by atoms with Gasteiger partial charge in [0.05, 0.1) is 17.3 Å². The highest BCUT2D eigenvalue weighted by Crippen LogP contribution is 2.33. The molecule has 2 heterocycles. The zero-order chi connectivity index (χ0) is 11.5. The highest BCUT2D eigenvalue weighted by Gasteiger charge is 2.19. The molecule has 0 radical (unpaired) electrons. The summed E-state index contributed by atoms with van der Waals surface area (Å²) in [5.41, 5.74) is 0.557. The number of pyridine rings is 1. The predicted octanol–water partition coefficient (Wildman–Crippen LogP) is 3.24. The van der Waals surface area contributed by atoms with Gasteiger partial charge < -0.3 is 5.32 Å². The van der Waals surface area contributed by atoms with Gasteiger partial charge in [0.2, 0.25) is 0 Å². The number of hydrogen-bond donors (Lipinski definition) is 1. The molecule has 0 fully saturated rings. The maximum Gasteiger partial charge on any atom is 0.146 e. The second kappa shape index (κ2) is 4.91. The molecule has 0 bridgehead atoms. The minimum Gasteiger partial charge on any atom is -0.309 e. The van der Waals surface area contributed by atoms with Crippen LogP contribution in [0.2, 0.25) is 5.02 Å². The Hall–Kier alpha value is -0.970. The Morgan fingerprint density at radius 1 is 1.50 bits per heavy atom. The molecule has 16 heavy (non-hydrogen) atoms. The van der Waals surface area contributed by atoms with Crippen LogP contribution in [0.15, 0.2) is 29.9 Å². The van der Waals surface area contributed by atoms with Crippen LogP contribution in [0.25, 0.3) is 0 Å². The molecule has 0 aliphatic heterocycles. The van der Waals surface area contributed by atoms with E-state index in [-0.39, 0.29) is 11.9 Å². The number of nitrogens with zero attached hydrogens (tertiary/aromatic N) is 1. The van der Waals surface area contributed by atoms with Crippen molar-refractivity contribution in [1.29, 1.82) is 0 Å². The van der Waals surface area contributed by atoms with Crippen LogP contribution in [0.1, 0.15) is 16.5 Å². The molecule has 0 aliphatic carbocycles. The van der Waals surface area contributed by atoms with Crippen molar-refractivity contribution >= 4 is 22.9 Å². The molecule has 2 aromatic rings. The van der Waals surface area contributed by atoms with E-state index in [1.165, 1.54) is 17.5 Å². The van der Waals surface area contributed by atoms with Crippen LogP contribution in [0, 0.1) is 5.82 Å². The molecule has 5 heteroatoms. The minimum absolute atomic E-state index is 0.226. The Morgan fingerprint density at radius 2 is 2.31 bits per heavy atom. The van der Waals surface area contributed by atoms with Crippen molar-refractivity contribution in [1.82, 2.24) is 10.3 Å². The molecule has 0 saturated carbocycles. The molecule has 1 atom stereocenters. The van der Waals surface area contributed by atoms with Crippen LogP contribution >= 0.6 is 22.9 Å². The second-order valence-corrected chi connectivity index (χ2v) is 4.61. The quantitative estimate of drug-likeness (QED) is 0.912. The van der Waals surface area contributed by atoms with E-state index in [0.29, 0.717) is 10.6 Å². The second-order valence-electron chi connectivity index (χ2n) is 3.25. The van der Waals surface area contributed by atoms with E-state index in [0.717, 1.165) is 4.88 Å². The van der Waals surface area contributed by atoms with Crippen LogP contribution in [0.4, 0.5) is 4.39 Å². The van der Waals surface area contributed by atoms with Crippen molar-refractivity contribution in [2.45, 2.75) is 6.04 Å². The van der Waals surface area contributed by atoms with Crippen LogP contribution in [-0.2, 0) is 0 Å². The standard InChI is InChI=1S/C11H10ClFN2S/c1-14-10(11-8(12)3-5-16-11)7-2-4-15-6-9(7)13/h2-6,10,14H,1H3. The fourth-order valence-corrected chi connectivity index (χ4v) is 2.85. The summed E-state index contributed by atoms with van der Waals surface area (Å²) in [4.78, 5) is 4.64. The van der Waals surface area contributed by atoms with Gasteiger partial charge in [-0.15, -0.1) is 11.3 Å². The van der Waals surface area contributed by atoms with Gasteiger partial charge in [-0.1, -0.05) is 11.6 Å². The topological polar surface area (TPSA) is 24.9 Å². The molecule has 2 nitrogen and oxygen atoms in total. The molecule has 84 valence electrons. The first-order valence-corrected chi connectivity index (χ1v) is 5.99. The summed E-state index contributed by atoms with van der Waals surface area (Å²) in [5.74, 6) is -0.327. The number of rotatable bonds is 3. The van der Waals surface area contributed by atoms with Gasteiger partial charge in [0.15, 0.2) is 0 Å². The van der Waals surface area contributed by atoms with Gasteiger partial charge in [0.1, 0.15) is 5.82 Å². The molecule has 0 aliphatic rings. The minimum atomic E-state index is -0.327. The van der Waals surface area contributed by atoms with E-state index in [2.05, 4.69) is 10.3 Å². The summed E-state index contributed by atoms with van der Waals surface area (Å²) >= 11 is 7.55. The van der Waals surface area contributed by atoms with Crippen molar-refractivity contribution in [2.24, 2.45) is 0 Å². The summed E-state index contributed by atoms with van der Waals surface area (Å²) in [7, 11) is 1.78. The average Bonchev–Trinajstić information content (AvgIpc) is 2.69. The maximum atomic E-state index is 13.6. The van der Waals surface area contributed by atoms with E-state index < -0.39 is 0 Å². The van der Waals surface area contributed by atoms with Crippen molar-refractivity contribution < 1.29 is 4.39 Å². The summed E-state index contributed by atoms with van der Waals surface area (Å²) in [6.45, 7) is 0. The number of nitrogens with one attached hydrogen (secondary N) is 1. The van der Waals surface area contributed by atoms with Crippen molar-refractivity contribution in [3.63, 3.8) is 0 Å². The number of aromatic nitrogens is 1. The zero-order valence-corrected chi connectivity index (χ0v) is 10.1. The van der Waals surface area contributed by atoms with E-state index in [9.17, 15) is 4.39 Å². The highest BCUT2D eigenvalue weighted by atomic mass is 35.5. The predicted molar refractivity (Wildman–Crippen MR) is 64.4 cm³/mol. The molecule has 0 aromatic carbocycles. The lowest BCUT2D eigenvalue weighted by Crippen LogP contribution is -2.18. The van der Waals surface area contributed by atoms with Gasteiger partial charge in [-0.2, -0.15) is 0 Å². The van der Waals surface area contributed by atoms with Crippen LogP contribution < -0.4 is 5.32 Å². The molecular weight excluding hydrogens is 247 g/mol. The zero-order valence-electron chi connectivity index (χ0n) is 8.58. The lowest BCUT2D eigenvalue weighted by molar-refractivity contribution is 0.574. The molecular formula is C11H10ClFN2S. The van der Waals surface area contributed by atoms with Crippen molar-refractivity contribution in [3.05, 3.63) is 51.2 Å². The van der Waals surface area contributed by atoms with Crippen molar-refractivity contribution in [3.8, 4) is 0 Å². The van der Waals surface area contributed by atoms with E-state index in [1.54, 1.807) is 19.3 Å². The number of hydrogen-bond acceptors (Lipinski definition) is 3. The van der Waals surface area contributed by atoms with E-state index in [4.69, 9.17) is 11.6 Å². The molecule has 0 saturated heterocycles. The SMILES string of the molecule is CNC(c1ccncc1F)c1sccc1Cl. The number of halogens is 2. The van der Waals surface area contributed by atoms with E-state index in [1.807, 2.05) is 11.4 Å². The van der Waals surface area contributed by atoms with Gasteiger partial charge in [-0.05, 0) is 24.6 Å². The Labute approximate surface area is 102 Å². The maximum absolute atomic E-state index is 13.6. The van der Waals surface area contributed by atoms with Gasteiger partial charge >= 0.3 is 0 Å². The lowest BCUT2D eigenvalue weighted by atomic mass is 10.1. The van der Waals surface area contributed by atoms with Crippen LogP contribution in [-0.4, -0.2) is 12.0 Å². The third-order valence-electron chi connectivity index (χ3n) is 2.31. The lowest BCUT2D eigenvalue weighted by Gasteiger charge is -2.16. The first kappa shape index (κ1) is 11.5. The Kier molecular flexibility index (Phi) is 3.53. The fourth-order valence-electron chi connectivity index (χ4n) is 1.56. The molecule has 1 N–H and O–H groups in total. The fraction of sp³-hybridized carbons (Fsp3) is 0.182. The summed E-state index contributed by atoms with van der Waals surface area (Å²) in [5, 5.41) is 5.60. The summed E-state index contributed by atoms with van der Waals surface area (Å²) < 4.78 is 13.6. The monoisotopic (exact) mass is 256 g/mol. The Bertz CT molecular complexity index is 486. The first-order chi connectivity index (χ1) is 7.74.